The Morgan fingerprint density at radius 2 is 2.41 bits per heavy atom. The Bertz CT molecular complexity index is 381. The summed E-state index contributed by atoms with van der Waals surface area (Å²) in [7, 11) is 1.79. The highest BCUT2D eigenvalue weighted by molar-refractivity contribution is 5.54. The Hall–Kier alpha value is -1.13. The summed E-state index contributed by atoms with van der Waals surface area (Å²) in [5.41, 5.74) is 9.16. The number of ether oxygens (including phenoxy) is 1. The fourth-order valence-corrected chi connectivity index (χ4v) is 2.37. The average Bonchev–Trinajstić information content (AvgIpc) is 2.39. The van der Waals surface area contributed by atoms with Gasteiger partial charge in [-0.1, -0.05) is 0 Å². The number of rotatable bonds is 3. The molecule has 4 heteroatoms. The van der Waals surface area contributed by atoms with Crippen LogP contribution in [0, 0.1) is 6.92 Å². The molecule has 1 unspecified atom stereocenters. The number of nitrogens with two attached hydrogens (primary N) is 1. The maximum Gasteiger partial charge on any atom is 0.0746 e. The van der Waals surface area contributed by atoms with Crippen molar-refractivity contribution in [1.29, 1.82) is 0 Å². The van der Waals surface area contributed by atoms with E-state index in [9.17, 15) is 0 Å². The lowest BCUT2D eigenvalue weighted by Gasteiger charge is -2.34. The second kappa shape index (κ2) is 5.47. The summed E-state index contributed by atoms with van der Waals surface area (Å²) >= 11 is 0. The molecule has 0 spiro atoms. The molecule has 1 fully saturated rings. The van der Waals surface area contributed by atoms with Crippen LogP contribution in [-0.2, 0) is 11.3 Å². The third kappa shape index (κ3) is 2.76. The molecule has 0 radical (unpaired) electrons. The van der Waals surface area contributed by atoms with Crippen LogP contribution in [0.4, 0.5) is 5.69 Å². The molecule has 2 N–H and O–H groups in total. The molecule has 0 aliphatic carbocycles. The standard InChI is InChI=1S/C13H21N3O/c1-10-6-13(11(7-14)8-15-10)16-5-3-4-12(9-16)17-2/h6,8,12H,3-5,7,9,14H2,1-2H3. The van der Waals surface area contributed by atoms with Gasteiger partial charge in [0.2, 0.25) is 0 Å². The Morgan fingerprint density at radius 3 is 3.12 bits per heavy atom. The van der Waals surface area contributed by atoms with Gasteiger partial charge in [-0.15, -0.1) is 0 Å². The van der Waals surface area contributed by atoms with Gasteiger partial charge < -0.3 is 15.4 Å². The second-order valence-corrected chi connectivity index (χ2v) is 4.60. The third-order valence-corrected chi connectivity index (χ3v) is 3.37. The number of aryl methyl sites for hydroxylation is 1. The van der Waals surface area contributed by atoms with Crippen LogP contribution in [0.1, 0.15) is 24.1 Å². The predicted octanol–water partition coefficient (Wildman–Crippen LogP) is 1.46. The zero-order valence-corrected chi connectivity index (χ0v) is 10.6. The van der Waals surface area contributed by atoms with Crippen molar-refractivity contribution in [1.82, 2.24) is 4.98 Å². The minimum Gasteiger partial charge on any atom is -0.380 e. The molecular formula is C13H21N3O. The first-order valence-electron chi connectivity index (χ1n) is 6.18. The molecule has 1 aromatic heterocycles. The van der Waals surface area contributed by atoms with Crippen LogP contribution < -0.4 is 10.6 Å². The van der Waals surface area contributed by atoms with Crippen LogP contribution >= 0.6 is 0 Å². The minimum atomic E-state index is 0.336. The van der Waals surface area contributed by atoms with Crippen LogP contribution in [0.5, 0.6) is 0 Å². The van der Waals surface area contributed by atoms with Crippen LogP contribution in [0.2, 0.25) is 0 Å². The smallest absolute Gasteiger partial charge is 0.0746 e. The molecule has 0 bridgehead atoms. The van der Waals surface area contributed by atoms with E-state index in [1.165, 1.54) is 12.1 Å². The van der Waals surface area contributed by atoms with Gasteiger partial charge in [0, 0.05) is 49.9 Å². The van der Waals surface area contributed by atoms with Crippen molar-refractivity contribution in [3.63, 3.8) is 0 Å². The first-order valence-corrected chi connectivity index (χ1v) is 6.18. The zero-order valence-electron chi connectivity index (χ0n) is 10.6. The number of hydrogen-bond acceptors (Lipinski definition) is 4. The van der Waals surface area contributed by atoms with Crippen molar-refractivity contribution >= 4 is 5.69 Å². The summed E-state index contributed by atoms with van der Waals surface area (Å²) in [5.74, 6) is 0. The first-order chi connectivity index (χ1) is 8.24. The van der Waals surface area contributed by atoms with Crippen LogP contribution in [-0.4, -0.2) is 31.3 Å². The van der Waals surface area contributed by atoms with Gasteiger partial charge in [0.05, 0.1) is 6.10 Å². The van der Waals surface area contributed by atoms with E-state index >= 15 is 0 Å². The molecule has 4 nitrogen and oxygen atoms in total. The molecule has 94 valence electrons. The second-order valence-electron chi connectivity index (χ2n) is 4.60. The van der Waals surface area contributed by atoms with Gasteiger partial charge in [0.25, 0.3) is 0 Å². The van der Waals surface area contributed by atoms with E-state index in [0.717, 1.165) is 30.8 Å². The van der Waals surface area contributed by atoms with Crippen LogP contribution in [0.3, 0.4) is 0 Å². The number of hydrogen-bond donors (Lipinski definition) is 1. The van der Waals surface area contributed by atoms with E-state index in [-0.39, 0.29) is 0 Å². The summed E-state index contributed by atoms with van der Waals surface area (Å²) in [6.45, 7) is 4.58. The van der Waals surface area contributed by atoms with E-state index in [1.54, 1.807) is 7.11 Å². The molecule has 0 amide bonds. The lowest BCUT2D eigenvalue weighted by atomic mass is 10.1. The maximum atomic E-state index is 5.78. The highest BCUT2D eigenvalue weighted by Crippen LogP contribution is 2.25. The van der Waals surface area contributed by atoms with E-state index in [1.807, 2.05) is 13.1 Å². The highest BCUT2D eigenvalue weighted by Gasteiger charge is 2.21. The average molecular weight is 235 g/mol. The number of pyridine rings is 1. The normalized spacial score (nSPS) is 20.6. The molecule has 1 atom stereocenters. The molecule has 1 aliphatic heterocycles. The lowest BCUT2D eigenvalue weighted by Crippen LogP contribution is -2.39. The van der Waals surface area contributed by atoms with E-state index < -0.39 is 0 Å². The maximum absolute atomic E-state index is 5.78. The summed E-state index contributed by atoms with van der Waals surface area (Å²) in [4.78, 5) is 6.68. The van der Waals surface area contributed by atoms with Crippen molar-refractivity contribution in [2.75, 3.05) is 25.1 Å². The molecule has 1 aromatic rings. The zero-order chi connectivity index (χ0) is 12.3. The van der Waals surface area contributed by atoms with Gasteiger partial charge >= 0.3 is 0 Å². The van der Waals surface area contributed by atoms with Crippen molar-refractivity contribution in [2.45, 2.75) is 32.4 Å². The van der Waals surface area contributed by atoms with Crippen molar-refractivity contribution < 1.29 is 4.74 Å². The van der Waals surface area contributed by atoms with Crippen LogP contribution in [0.25, 0.3) is 0 Å². The molecule has 2 rings (SSSR count). The van der Waals surface area contributed by atoms with Gasteiger partial charge in [-0.2, -0.15) is 0 Å². The SMILES string of the molecule is COC1CCCN(c2cc(C)ncc2CN)C1. The van der Waals surface area contributed by atoms with Gasteiger partial charge in [-0.3, -0.25) is 4.98 Å². The molecule has 1 aliphatic rings. The molecule has 0 saturated carbocycles. The van der Waals surface area contributed by atoms with Gasteiger partial charge in [-0.25, -0.2) is 0 Å². The number of piperidine rings is 1. The summed E-state index contributed by atoms with van der Waals surface area (Å²) in [5, 5.41) is 0. The van der Waals surface area contributed by atoms with Crippen molar-refractivity contribution in [2.24, 2.45) is 5.73 Å². The number of aromatic nitrogens is 1. The third-order valence-electron chi connectivity index (χ3n) is 3.37. The quantitative estimate of drug-likeness (QED) is 0.862. The predicted molar refractivity (Wildman–Crippen MR) is 69.1 cm³/mol. The van der Waals surface area contributed by atoms with E-state index in [0.29, 0.717) is 12.6 Å². The highest BCUT2D eigenvalue weighted by atomic mass is 16.5. The Kier molecular flexibility index (Phi) is 3.97. The number of nitrogens with zero attached hydrogens (tertiary/aromatic N) is 2. The van der Waals surface area contributed by atoms with Crippen molar-refractivity contribution in [3.05, 3.63) is 23.5 Å². The Morgan fingerprint density at radius 1 is 1.59 bits per heavy atom. The lowest BCUT2D eigenvalue weighted by molar-refractivity contribution is 0.0893. The molecule has 1 saturated heterocycles. The van der Waals surface area contributed by atoms with Gasteiger partial charge in [0.15, 0.2) is 0 Å². The topological polar surface area (TPSA) is 51.4 Å². The van der Waals surface area contributed by atoms with Crippen molar-refractivity contribution in [3.8, 4) is 0 Å². The molecule has 0 aromatic carbocycles. The largest absolute Gasteiger partial charge is 0.380 e. The van der Waals surface area contributed by atoms with Gasteiger partial charge in [-0.05, 0) is 25.8 Å². The molecule has 2 heterocycles. The van der Waals surface area contributed by atoms with E-state index in [4.69, 9.17) is 10.5 Å². The summed E-state index contributed by atoms with van der Waals surface area (Å²) in [6.07, 6.45) is 4.54. The molecule has 17 heavy (non-hydrogen) atoms. The first kappa shape index (κ1) is 12.3. The fraction of sp³-hybridized carbons (Fsp3) is 0.615. The monoisotopic (exact) mass is 235 g/mol. The van der Waals surface area contributed by atoms with Crippen LogP contribution in [0.15, 0.2) is 12.3 Å². The van der Waals surface area contributed by atoms with Gasteiger partial charge in [0.1, 0.15) is 0 Å². The Labute approximate surface area is 103 Å². The number of anilines is 1. The minimum absolute atomic E-state index is 0.336. The summed E-state index contributed by atoms with van der Waals surface area (Å²) in [6, 6.07) is 2.13. The summed E-state index contributed by atoms with van der Waals surface area (Å²) < 4.78 is 5.46. The van der Waals surface area contributed by atoms with E-state index in [2.05, 4.69) is 16.0 Å². The number of methoxy groups -OCH3 is 1. The fourth-order valence-electron chi connectivity index (χ4n) is 2.37. The molecular weight excluding hydrogens is 214 g/mol. The Balaban J connectivity index is 2.22.